The quantitative estimate of drug-likeness (QED) is 0.716. The van der Waals surface area contributed by atoms with Crippen molar-refractivity contribution in [2.75, 3.05) is 0 Å². The van der Waals surface area contributed by atoms with E-state index in [1.54, 1.807) is 23.1 Å². The molecule has 0 aliphatic rings. The highest BCUT2D eigenvalue weighted by molar-refractivity contribution is 5.94. The van der Waals surface area contributed by atoms with Crippen molar-refractivity contribution >= 4 is 5.78 Å². The van der Waals surface area contributed by atoms with Crippen LogP contribution in [0.2, 0.25) is 0 Å². The highest BCUT2D eigenvalue weighted by Gasteiger charge is 2.07. The molecule has 0 amide bonds. The summed E-state index contributed by atoms with van der Waals surface area (Å²) in [6.45, 7) is 0. The van der Waals surface area contributed by atoms with Crippen molar-refractivity contribution < 1.29 is 4.79 Å². The summed E-state index contributed by atoms with van der Waals surface area (Å²) < 4.78 is 1.73. The van der Waals surface area contributed by atoms with Gasteiger partial charge in [-0.15, -0.1) is 0 Å². The minimum absolute atomic E-state index is 0.0336. The maximum Gasteiger partial charge on any atom is 0.181 e. The number of Topliss-reactive ketones (excluding diaryl/α,β-unsaturated/α-hetero) is 1. The fraction of sp³-hybridized carbons (Fsp3) is 0.273. The molecule has 0 unspecified atom stereocenters. The Morgan fingerprint density at radius 1 is 1.50 bits per heavy atom. The van der Waals surface area contributed by atoms with E-state index in [1.165, 1.54) is 6.33 Å². The van der Waals surface area contributed by atoms with Gasteiger partial charge in [0.2, 0.25) is 0 Å². The summed E-state index contributed by atoms with van der Waals surface area (Å²) in [6, 6.07) is 1.63. The fourth-order valence-corrected chi connectivity index (χ4v) is 1.44. The molecule has 16 heavy (non-hydrogen) atoms. The van der Waals surface area contributed by atoms with Crippen LogP contribution in [0.15, 0.2) is 31.0 Å². The zero-order valence-electron chi connectivity index (χ0n) is 9.00. The molecule has 82 valence electrons. The Hall–Kier alpha value is -2.04. The predicted octanol–water partition coefficient (Wildman–Crippen LogP) is 1.03. The maximum absolute atomic E-state index is 11.7. The highest BCUT2D eigenvalue weighted by Crippen LogP contribution is 2.05. The molecule has 0 aliphatic carbocycles. The van der Waals surface area contributed by atoms with Crippen LogP contribution >= 0.6 is 0 Å². The van der Waals surface area contributed by atoms with Crippen LogP contribution in [0.1, 0.15) is 22.5 Å². The number of hydrogen-bond acceptors (Lipinski definition) is 4. The Bertz CT molecular complexity index is 478. The fourth-order valence-electron chi connectivity index (χ4n) is 1.44. The van der Waals surface area contributed by atoms with Crippen LogP contribution in [0.3, 0.4) is 0 Å². The first kappa shape index (κ1) is 10.5. The van der Waals surface area contributed by atoms with Crippen molar-refractivity contribution in [2.45, 2.75) is 12.8 Å². The Labute approximate surface area is 93.2 Å². The van der Waals surface area contributed by atoms with Gasteiger partial charge >= 0.3 is 0 Å². The van der Waals surface area contributed by atoms with E-state index in [0.29, 0.717) is 18.5 Å². The first-order valence-electron chi connectivity index (χ1n) is 5.02. The SMILES string of the molecule is Cn1cc(CCC(=O)c2ccncn2)cn1. The van der Waals surface area contributed by atoms with Crippen LogP contribution in [0.4, 0.5) is 0 Å². The molecule has 0 atom stereocenters. The molecule has 5 nitrogen and oxygen atoms in total. The lowest BCUT2D eigenvalue weighted by Gasteiger charge is -1.97. The first-order chi connectivity index (χ1) is 7.75. The normalized spacial score (nSPS) is 10.3. The van der Waals surface area contributed by atoms with Crippen LogP contribution < -0.4 is 0 Å². The van der Waals surface area contributed by atoms with Gasteiger partial charge in [-0.25, -0.2) is 9.97 Å². The summed E-state index contributed by atoms with van der Waals surface area (Å²) >= 11 is 0. The van der Waals surface area contributed by atoms with E-state index < -0.39 is 0 Å². The number of rotatable bonds is 4. The molecule has 0 saturated carbocycles. The summed E-state index contributed by atoms with van der Waals surface area (Å²) in [5.74, 6) is 0.0336. The third-order valence-electron chi connectivity index (χ3n) is 2.27. The zero-order chi connectivity index (χ0) is 11.4. The van der Waals surface area contributed by atoms with E-state index in [9.17, 15) is 4.79 Å². The lowest BCUT2D eigenvalue weighted by Crippen LogP contribution is -2.03. The van der Waals surface area contributed by atoms with Gasteiger partial charge in [-0.3, -0.25) is 9.48 Å². The highest BCUT2D eigenvalue weighted by atomic mass is 16.1. The van der Waals surface area contributed by atoms with Gasteiger partial charge in [0.15, 0.2) is 5.78 Å². The van der Waals surface area contributed by atoms with E-state index >= 15 is 0 Å². The summed E-state index contributed by atoms with van der Waals surface area (Å²) in [5.41, 5.74) is 1.53. The Kier molecular flexibility index (Phi) is 3.05. The van der Waals surface area contributed by atoms with E-state index in [4.69, 9.17) is 0 Å². The van der Waals surface area contributed by atoms with E-state index in [1.807, 2.05) is 13.2 Å². The van der Waals surface area contributed by atoms with Gasteiger partial charge in [0, 0.05) is 25.9 Å². The number of carbonyl (C=O) groups is 1. The number of hydrogen-bond donors (Lipinski definition) is 0. The van der Waals surface area contributed by atoms with Crippen LogP contribution in [-0.2, 0) is 13.5 Å². The monoisotopic (exact) mass is 216 g/mol. The first-order valence-corrected chi connectivity index (χ1v) is 5.02. The second-order valence-corrected chi connectivity index (χ2v) is 3.54. The minimum atomic E-state index is 0.0336. The number of ketones is 1. The molecule has 2 aromatic heterocycles. The van der Waals surface area contributed by atoms with Crippen molar-refractivity contribution in [1.82, 2.24) is 19.7 Å². The van der Waals surface area contributed by atoms with Gasteiger partial charge < -0.3 is 0 Å². The van der Waals surface area contributed by atoms with Gasteiger partial charge in [0.25, 0.3) is 0 Å². The molecule has 0 N–H and O–H groups in total. The van der Waals surface area contributed by atoms with Gasteiger partial charge in [-0.05, 0) is 18.1 Å². The van der Waals surface area contributed by atoms with Crippen molar-refractivity contribution in [1.29, 1.82) is 0 Å². The molecule has 0 bridgehead atoms. The standard InChI is InChI=1S/C11H12N4O/c1-15-7-9(6-14-15)2-3-11(16)10-4-5-12-8-13-10/h4-8H,2-3H2,1H3. The van der Waals surface area contributed by atoms with Crippen molar-refractivity contribution in [3.63, 3.8) is 0 Å². The Balaban J connectivity index is 1.94. The number of aromatic nitrogens is 4. The molecule has 0 saturated heterocycles. The number of aryl methyl sites for hydroxylation is 2. The zero-order valence-corrected chi connectivity index (χ0v) is 9.00. The smallest absolute Gasteiger partial charge is 0.181 e. The molecular weight excluding hydrogens is 204 g/mol. The van der Waals surface area contributed by atoms with E-state index in [2.05, 4.69) is 15.1 Å². The second-order valence-electron chi connectivity index (χ2n) is 3.54. The molecule has 2 rings (SSSR count). The average Bonchev–Trinajstić information content (AvgIpc) is 2.73. The third kappa shape index (κ3) is 2.50. The lowest BCUT2D eigenvalue weighted by molar-refractivity contribution is 0.0978. The van der Waals surface area contributed by atoms with Gasteiger partial charge in [0.1, 0.15) is 12.0 Å². The molecule has 0 fully saturated rings. The Morgan fingerprint density at radius 3 is 3.00 bits per heavy atom. The molecule has 0 spiro atoms. The van der Waals surface area contributed by atoms with Crippen molar-refractivity contribution in [2.24, 2.45) is 7.05 Å². The molecule has 0 aromatic carbocycles. The average molecular weight is 216 g/mol. The molecule has 2 heterocycles. The second kappa shape index (κ2) is 4.65. The lowest BCUT2D eigenvalue weighted by atomic mass is 10.1. The van der Waals surface area contributed by atoms with Gasteiger partial charge in [-0.2, -0.15) is 5.10 Å². The summed E-state index contributed by atoms with van der Waals surface area (Å²) in [5, 5.41) is 4.05. The largest absolute Gasteiger partial charge is 0.292 e. The Morgan fingerprint density at radius 2 is 2.38 bits per heavy atom. The maximum atomic E-state index is 11.7. The van der Waals surface area contributed by atoms with Gasteiger partial charge in [0.05, 0.1) is 6.20 Å². The van der Waals surface area contributed by atoms with Crippen LogP contribution in [0.25, 0.3) is 0 Å². The van der Waals surface area contributed by atoms with E-state index in [0.717, 1.165) is 5.56 Å². The summed E-state index contributed by atoms with van der Waals surface area (Å²) in [6.07, 6.45) is 7.78. The molecule has 2 aromatic rings. The molecular formula is C11H12N4O. The van der Waals surface area contributed by atoms with Crippen molar-refractivity contribution in [3.8, 4) is 0 Å². The predicted molar refractivity (Wildman–Crippen MR) is 57.9 cm³/mol. The van der Waals surface area contributed by atoms with Crippen molar-refractivity contribution in [3.05, 3.63) is 42.2 Å². The van der Waals surface area contributed by atoms with Crippen LogP contribution in [0.5, 0.6) is 0 Å². The molecule has 0 radical (unpaired) electrons. The van der Waals surface area contributed by atoms with E-state index in [-0.39, 0.29) is 5.78 Å². The van der Waals surface area contributed by atoms with Gasteiger partial charge in [-0.1, -0.05) is 0 Å². The van der Waals surface area contributed by atoms with Crippen LogP contribution in [-0.4, -0.2) is 25.5 Å². The minimum Gasteiger partial charge on any atom is -0.292 e. The third-order valence-corrected chi connectivity index (χ3v) is 2.27. The number of carbonyl (C=O) groups excluding carboxylic acids is 1. The number of nitrogens with zero attached hydrogens (tertiary/aromatic N) is 4. The summed E-state index contributed by atoms with van der Waals surface area (Å²) in [7, 11) is 1.86. The topological polar surface area (TPSA) is 60.7 Å². The molecule has 5 heteroatoms. The van der Waals surface area contributed by atoms with Crippen LogP contribution in [0, 0.1) is 0 Å². The molecule has 0 aliphatic heterocycles. The summed E-state index contributed by atoms with van der Waals surface area (Å²) in [4.78, 5) is 19.4.